The zero-order valence-corrected chi connectivity index (χ0v) is 11.4. The number of hydrogen-bond donors (Lipinski definition) is 1. The van der Waals surface area contributed by atoms with Gasteiger partial charge in [-0.25, -0.2) is 0 Å². The second kappa shape index (κ2) is 6.02. The first-order chi connectivity index (χ1) is 7.10. The highest BCUT2D eigenvalue weighted by molar-refractivity contribution is 8.93. The Morgan fingerprint density at radius 1 is 1.67 bits per heavy atom. The summed E-state index contributed by atoms with van der Waals surface area (Å²) in [5, 5.41) is 6.96. The van der Waals surface area contributed by atoms with E-state index in [9.17, 15) is 0 Å². The summed E-state index contributed by atoms with van der Waals surface area (Å²) in [4.78, 5) is 0. The summed E-state index contributed by atoms with van der Waals surface area (Å²) in [6, 6.07) is 0. The minimum Gasteiger partial charge on any atom is -0.286 e. The molecule has 2 N–H and O–H groups in total. The average Bonchev–Trinajstić information content (AvgIpc) is 2.27. The second-order valence-electron chi connectivity index (χ2n) is 4.30. The van der Waals surface area contributed by atoms with Crippen LogP contribution in [0.2, 0.25) is 0 Å². The standard InChI is InChI=1S/C12H23NS2/c1-4-5-7-11-8-6-9-12(10-11)15(3,13)14-2/h4,6,9,11-12H,1,5,7-8,10,13H2,2-3H3. The Balaban J connectivity index is 2.52. The third kappa shape index (κ3) is 3.89. The van der Waals surface area contributed by atoms with Crippen molar-refractivity contribution in [3.05, 3.63) is 24.8 Å². The molecule has 0 amide bonds. The molecular weight excluding hydrogens is 222 g/mol. The highest BCUT2D eigenvalue weighted by Crippen LogP contribution is 2.55. The van der Waals surface area contributed by atoms with E-state index in [1.807, 2.05) is 16.9 Å². The van der Waals surface area contributed by atoms with Gasteiger partial charge in [0.2, 0.25) is 0 Å². The van der Waals surface area contributed by atoms with Crippen molar-refractivity contribution in [2.45, 2.75) is 30.9 Å². The normalized spacial score (nSPS) is 31.9. The summed E-state index contributed by atoms with van der Waals surface area (Å²) < 4.78 is 0. The number of hydrogen-bond acceptors (Lipinski definition) is 2. The third-order valence-corrected chi connectivity index (χ3v) is 8.29. The van der Waals surface area contributed by atoms with Gasteiger partial charge in [0.25, 0.3) is 0 Å². The molecule has 0 heterocycles. The molecule has 0 radical (unpaired) electrons. The lowest BCUT2D eigenvalue weighted by molar-refractivity contribution is 0.453. The van der Waals surface area contributed by atoms with Gasteiger partial charge in [-0.05, 0) is 44.1 Å². The lowest BCUT2D eigenvalue weighted by Crippen LogP contribution is -2.24. The predicted molar refractivity (Wildman–Crippen MR) is 76.3 cm³/mol. The molecule has 0 spiro atoms. The fraction of sp³-hybridized carbons (Fsp3) is 0.667. The van der Waals surface area contributed by atoms with E-state index in [-0.39, 0.29) is 0 Å². The second-order valence-corrected chi connectivity index (χ2v) is 10.3. The maximum Gasteiger partial charge on any atom is 0.0271 e. The van der Waals surface area contributed by atoms with Crippen LogP contribution in [0.4, 0.5) is 0 Å². The molecule has 88 valence electrons. The molecule has 15 heavy (non-hydrogen) atoms. The van der Waals surface area contributed by atoms with E-state index in [1.165, 1.54) is 19.3 Å². The molecule has 0 aliphatic heterocycles. The van der Waals surface area contributed by atoms with E-state index >= 15 is 0 Å². The van der Waals surface area contributed by atoms with E-state index in [0.29, 0.717) is 5.25 Å². The van der Waals surface area contributed by atoms with E-state index < -0.39 is 9.25 Å². The molecule has 1 nitrogen and oxygen atoms in total. The summed E-state index contributed by atoms with van der Waals surface area (Å²) >= 11 is 0. The van der Waals surface area contributed by atoms with Crippen LogP contribution in [0, 0.1) is 5.92 Å². The van der Waals surface area contributed by atoms with Crippen LogP contribution in [-0.2, 0) is 0 Å². The van der Waals surface area contributed by atoms with Gasteiger partial charge in [0, 0.05) is 5.25 Å². The van der Waals surface area contributed by atoms with Crippen molar-refractivity contribution in [2.24, 2.45) is 11.1 Å². The molecule has 0 saturated carbocycles. The summed E-state index contributed by atoms with van der Waals surface area (Å²) in [7, 11) is 0.874. The Kier molecular flexibility index (Phi) is 5.30. The van der Waals surface area contributed by atoms with Gasteiger partial charge in [-0.1, -0.05) is 18.2 Å². The average molecular weight is 245 g/mol. The van der Waals surface area contributed by atoms with Gasteiger partial charge in [0.05, 0.1) is 0 Å². The van der Waals surface area contributed by atoms with Gasteiger partial charge < -0.3 is 0 Å². The molecule has 0 aromatic carbocycles. The Morgan fingerprint density at radius 3 is 3.00 bits per heavy atom. The van der Waals surface area contributed by atoms with Gasteiger partial charge in [-0.3, -0.25) is 5.14 Å². The van der Waals surface area contributed by atoms with Gasteiger partial charge in [-0.2, -0.15) is 0 Å². The quantitative estimate of drug-likeness (QED) is 0.588. The van der Waals surface area contributed by atoms with Crippen LogP contribution in [0.25, 0.3) is 0 Å². The van der Waals surface area contributed by atoms with E-state index in [4.69, 9.17) is 5.14 Å². The highest BCUT2D eigenvalue weighted by atomic mass is 33.2. The summed E-state index contributed by atoms with van der Waals surface area (Å²) in [6.45, 7) is 3.79. The van der Waals surface area contributed by atoms with Crippen LogP contribution in [0.5, 0.6) is 0 Å². The van der Waals surface area contributed by atoms with Crippen molar-refractivity contribution >= 4 is 20.0 Å². The summed E-state index contributed by atoms with van der Waals surface area (Å²) in [6.07, 6.45) is 16.0. The molecule has 1 aliphatic carbocycles. The smallest absolute Gasteiger partial charge is 0.0271 e. The first kappa shape index (κ1) is 13.2. The SMILES string of the molecule is C=CCCC1CC=CC(S(C)(N)SC)C1. The maximum absolute atomic E-state index is 6.36. The molecule has 0 aromatic heterocycles. The van der Waals surface area contributed by atoms with Crippen molar-refractivity contribution in [3.63, 3.8) is 0 Å². The van der Waals surface area contributed by atoms with Crippen molar-refractivity contribution in [1.29, 1.82) is 0 Å². The Hall–Kier alpha value is 0.140. The highest BCUT2D eigenvalue weighted by Gasteiger charge is 2.27. The van der Waals surface area contributed by atoms with E-state index in [1.54, 1.807) is 0 Å². The first-order valence-corrected chi connectivity index (χ1v) is 9.39. The Bertz CT molecular complexity index is 236. The molecule has 3 atom stereocenters. The van der Waals surface area contributed by atoms with Crippen LogP contribution >= 0.6 is 20.0 Å². The Morgan fingerprint density at radius 2 is 2.40 bits per heavy atom. The third-order valence-electron chi connectivity index (χ3n) is 3.13. The molecule has 0 saturated heterocycles. The predicted octanol–water partition coefficient (Wildman–Crippen LogP) is 3.87. The van der Waals surface area contributed by atoms with Gasteiger partial charge in [0.1, 0.15) is 0 Å². The summed E-state index contributed by atoms with van der Waals surface area (Å²) in [5.74, 6) is 0.820. The van der Waals surface area contributed by atoms with Crippen molar-refractivity contribution in [2.75, 3.05) is 12.5 Å². The number of nitrogens with two attached hydrogens (primary N) is 1. The van der Waals surface area contributed by atoms with Crippen molar-refractivity contribution in [3.8, 4) is 0 Å². The van der Waals surface area contributed by atoms with Crippen LogP contribution in [0.3, 0.4) is 0 Å². The van der Waals surface area contributed by atoms with Gasteiger partial charge >= 0.3 is 0 Å². The van der Waals surface area contributed by atoms with Gasteiger partial charge in [-0.15, -0.1) is 26.6 Å². The molecule has 1 aliphatic rings. The van der Waals surface area contributed by atoms with E-state index in [2.05, 4.69) is 31.2 Å². The largest absolute Gasteiger partial charge is 0.286 e. The first-order valence-electron chi connectivity index (χ1n) is 5.48. The molecule has 0 fully saturated rings. The minimum atomic E-state index is -0.975. The molecular formula is C12H23NS2. The van der Waals surface area contributed by atoms with Crippen LogP contribution < -0.4 is 5.14 Å². The molecule has 0 bridgehead atoms. The van der Waals surface area contributed by atoms with Crippen LogP contribution in [0.1, 0.15) is 25.7 Å². The fourth-order valence-corrected chi connectivity index (χ4v) is 4.48. The fourth-order valence-electron chi connectivity index (χ4n) is 1.99. The lowest BCUT2D eigenvalue weighted by atomic mass is 9.90. The minimum absolute atomic E-state index is 0.607. The zero-order valence-electron chi connectivity index (χ0n) is 9.82. The van der Waals surface area contributed by atoms with Crippen molar-refractivity contribution < 1.29 is 0 Å². The lowest BCUT2D eigenvalue weighted by Gasteiger charge is -2.39. The molecule has 3 heteroatoms. The Labute approximate surface area is 99.4 Å². The molecule has 0 aromatic rings. The van der Waals surface area contributed by atoms with Crippen LogP contribution in [-0.4, -0.2) is 17.8 Å². The monoisotopic (exact) mass is 245 g/mol. The van der Waals surface area contributed by atoms with Crippen molar-refractivity contribution in [1.82, 2.24) is 0 Å². The number of allylic oxidation sites excluding steroid dienone is 2. The number of rotatable bonds is 5. The van der Waals surface area contributed by atoms with Gasteiger partial charge in [0.15, 0.2) is 0 Å². The molecule has 3 unspecified atom stereocenters. The van der Waals surface area contributed by atoms with E-state index in [0.717, 1.165) is 12.3 Å². The zero-order chi connectivity index (χ0) is 11.3. The summed E-state index contributed by atoms with van der Waals surface area (Å²) in [5.41, 5.74) is 0. The van der Waals surface area contributed by atoms with Crippen LogP contribution in [0.15, 0.2) is 24.8 Å². The topological polar surface area (TPSA) is 26.0 Å². The molecule has 1 rings (SSSR count). The maximum atomic E-state index is 6.36.